The molecule has 1 unspecified atom stereocenters. The summed E-state index contributed by atoms with van der Waals surface area (Å²) in [5, 5.41) is 5.22. The molecule has 1 heterocycles. The molecule has 174 valence electrons. The van der Waals surface area contributed by atoms with Gasteiger partial charge in [-0.2, -0.15) is 0 Å². The van der Waals surface area contributed by atoms with Gasteiger partial charge in [0.05, 0.1) is 6.42 Å². The lowest BCUT2D eigenvalue weighted by Crippen LogP contribution is -2.47. The number of aryl methyl sites for hydroxylation is 1. The highest BCUT2D eigenvalue weighted by molar-refractivity contribution is 7.10. The van der Waals surface area contributed by atoms with Crippen LogP contribution in [-0.4, -0.2) is 42.5 Å². The lowest BCUT2D eigenvalue weighted by molar-refractivity contribution is -0.141. The molecule has 1 saturated carbocycles. The molecule has 1 aromatic carbocycles. The zero-order valence-corrected chi connectivity index (χ0v) is 20.2. The van der Waals surface area contributed by atoms with Crippen LogP contribution in [0.5, 0.6) is 0 Å². The lowest BCUT2D eigenvalue weighted by Gasteiger charge is -2.32. The van der Waals surface area contributed by atoms with E-state index in [1.54, 1.807) is 16.2 Å². The number of hydrogen-bond donors (Lipinski definition) is 1. The molecule has 5 nitrogen and oxygen atoms in total. The monoisotopic (exact) mass is 456 g/mol. The SMILES string of the molecule is CCOCCCN(C(=O)Cc1cccs1)C(C(=O)NC1CCCC1)c1ccc(CC)cc1. The van der Waals surface area contributed by atoms with Gasteiger partial charge in [0.2, 0.25) is 11.8 Å². The third kappa shape index (κ3) is 6.91. The molecule has 6 heteroatoms. The molecule has 0 aliphatic heterocycles. The van der Waals surface area contributed by atoms with Crippen LogP contribution in [0.1, 0.15) is 68.0 Å². The second kappa shape index (κ2) is 12.8. The minimum atomic E-state index is -0.629. The molecule has 1 aromatic heterocycles. The first-order valence-electron chi connectivity index (χ1n) is 11.9. The smallest absolute Gasteiger partial charge is 0.247 e. The number of carbonyl (C=O) groups is 2. The van der Waals surface area contributed by atoms with E-state index in [1.165, 1.54) is 5.56 Å². The summed E-state index contributed by atoms with van der Waals surface area (Å²) < 4.78 is 5.52. The summed E-state index contributed by atoms with van der Waals surface area (Å²) in [5.74, 6) is -0.0906. The Labute approximate surface area is 196 Å². The van der Waals surface area contributed by atoms with E-state index >= 15 is 0 Å². The Balaban J connectivity index is 1.87. The number of carbonyl (C=O) groups excluding carboxylic acids is 2. The normalized spacial score (nSPS) is 14.9. The first-order chi connectivity index (χ1) is 15.6. The fraction of sp³-hybridized carbons (Fsp3) is 0.538. The van der Waals surface area contributed by atoms with Crippen molar-refractivity contribution in [1.82, 2.24) is 10.2 Å². The van der Waals surface area contributed by atoms with Crippen LogP contribution < -0.4 is 5.32 Å². The number of nitrogens with one attached hydrogen (secondary N) is 1. The maximum Gasteiger partial charge on any atom is 0.247 e. The Morgan fingerprint density at radius 3 is 2.53 bits per heavy atom. The van der Waals surface area contributed by atoms with Crippen molar-refractivity contribution in [3.05, 3.63) is 57.8 Å². The summed E-state index contributed by atoms with van der Waals surface area (Å²) in [7, 11) is 0. The van der Waals surface area contributed by atoms with E-state index < -0.39 is 6.04 Å². The Morgan fingerprint density at radius 2 is 1.91 bits per heavy atom. The molecule has 32 heavy (non-hydrogen) atoms. The fourth-order valence-corrected chi connectivity index (χ4v) is 5.00. The molecule has 1 N–H and O–H groups in total. The van der Waals surface area contributed by atoms with E-state index in [0.717, 1.165) is 42.5 Å². The Hall–Kier alpha value is -2.18. The van der Waals surface area contributed by atoms with Crippen molar-refractivity contribution in [2.75, 3.05) is 19.8 Å². The summed E-state index contributed by atoms with van der Waals surface area (Å²) in [6.07, 6.45) is 6.28. The summed E-state index contributed by atoms with van der Waals surface area (Å²) in [6.45, 7) is 5.79. The molecule has 2 amide bonds. The Bertz CT molecular complexity index is 829. The van der Waals surface area contributed by atoms with Gasteiger partial charge in [-0.25, -0.2) is 0 Å². The average molecular weight is 457 g/mol. The fourth-order valence-electron chi connectivity index (χ4n) is 4.30. The summed E-state index contributed by atoms with van der Waals surface area (Å²) in [5.41, 5.74) is 2.09. The predicted molar refractivity (Wildman–Crippen MR) is 130 cm³/mol. The van der Waals surface area contributed by atoms with Crippen LogP contribution in [0.25, 0.3) is 0 Å². The predicted octanol–water partition coefficient (Wildman–Crippen LogP) is 4.91. The number of hydrogen-bond acceptors (Lipinski definition) is 4. The standard InChI is InChI=1S/C26H36N2O3S/c1-3-20-12-14-21(15-13-20)25(26(30)27-22-9-5-6-10-22)28(16-8-17-31-4-2)24(29)19-23-11-7-18-32-23/h7,11-15,18,22,25H,3-6,8-10,16-17,19H2,1-2H3,(H,27,30). The van der Waals surface area contributed by atoms with Crippen molar-refractivity contribution in [3.8, 4) is 0 Å². The van der Waals surface area contributed by atoms with E-state index in [9.17, 15) is 9.59 Å². The van der Waals surface area contributed by atoms with Crippen molar-refractivity contribution < 1.29 is 14.3 Å². The molecule has 1 aliphatic rings. The van der Waals surface area contributed by atoms with E-state index in [1.807, 2.05) is 36.6 Å². The second-order valence-electron chi connectivity index (χ2n) is 8.38. The molecule has 0 saturated heterocycles. The number of benzene rings is 1. The van der Waals surface area contributed by atoms with Crippen LogP contribution in [-0.2, 0) is 27.2 Å². The number of amides is 2. The zero-order valence-electron chi connectivity index (χ0n) is 19.3. The number of ether oxygens (including phenoxy) is 1. The molecule has 0 spiro atoms. The topological polar surface area (TPSA) is 58.6 Å². The quantitative estimate of drug-likeness (QED) is 0.462. The van der Waals surface area contributed by atoms with Crippen LogP contribution >= 0.6 is 11.3 Å². The van der Waals surface area contributed by atoms with Gasteiger partial charge in [0.25, 0.3) is 0 Å². The highest BCUT2D eigenvalue weighted by atomic mass is 32.1. The van der Waals surface area contributed by atoms with Crippen molar-refractivity contribution in [2.45, 2.75) is 70.9 Å². The van der Waals surface area contributed by atoms with Crippen LogP contribution in [0, 0.1) is 0 Å². The van der Waals surface area contributed by atoms with Crippen molar-refractivity contribution in [3.63, 3.8) is 0 Å². The van der Waals surface area contributed by atoms with Gasteiger partial charge in [0.1, 0.15) is 6.04 Å². The summed E-state index contributed by atoms with van der Waals surface area (Å²) in [6, 6.07) is 11.6. The van der Waals surface area contributed by atoms with E-state index in [-0.39, 0.29) is 17.9 Å². The minimum absolute atomic E-state index is 0.0184. The second-order valence-corrected chi connectivity index (χ2v) is 9.41. The molecular weight excluding hydrogens is 420 g/mol. The molecule has 1 fully saturated rings. The Kier molecular flexibility index (Phi) is 9.75. The van der Waals surface area contributed by atoms with Crippen molar-refractivity contribution in [2.24, 2.45) is 0 Å². The Morgan fingerprint density at radius 1 is 1.16 bits per heavy atom. The molecule has 0 radical (unpaired) electrons. The lowest BCUT2D eigenvalue weighted by atomic mass is 10.00. The molecule has 0 bridgehead atoms. The highest BCUT2D eigenvalue weighted by Gasteiger charge is 2.33. The molecular formula is C26H36N2O3S. The van der Waals surface area contributed by atoms with Crippen LogP contribution in [0.4, 0.5) is 0 Å². The van der Waals surface area contributed by atoms with Crippen LogP contribution in [0.2, 0.25) is 0 Å². The highest BCUT2D eigenvalue weighted by Crippen LogP contribution is 2.26. The van der Waals surface area contributed by atoms with Gasteiger partial charge >= 0.3 is 0 Å². The zero-order chi connectivity index (χ0) is 22.8. The van der Waals surface area contributed by atoms with Gasteiger partial charge in [0.15, 0.2) is 0 Å². The first-order valence-corrected chi connectivity index (χ1v) is 12.8. The third-order valence-corrected chi connectivity index (χ3v) is 6.96. The van der Waals surface area contributed by atoms with Crippen molar-refractivity contribution >= 4 is 23.2 Å². The van der Waals surface area contributed by atoms with Gasteiger partial charge in [-0.05, 0) is 55.2 Å². The molecule has 2 aromatic rings. The van der Waals surface area contributed by atoms with E-state index in [0.29, 0.717) is 32.6 Å². The van der Waals surface area contributed by atoms with Gasteiger partial charge in [-0.1, -0.05) is 50.1 Å². The molecule has 1 aliphatic carbocycles. The average Bonchev–Trinajstić information content (AvgIpc) is 3.50. The molecule has 3 rings (SSSR count). The van der Waals surface area contributed by atoms with E-state index in [2.05, 4.69) is 24.4 Å². The minimum Gasteiger partial charge on any atom is -0.382 e. The number of thiophene rings is 1. The summed E-state index contributed by atoms with van der Waals surface area (Å²) in [4.78, 5) is 29.8. The number of nitrogens with zero attached hydrogens (tertiary/aromatic N) is 1. The van der Waals surface area contributed by atoms with Gasteiger partial charge in [-0.3, -0.25) is 9.59 Å². The maximum atomic E-state index is 13.6. The summed E-state index contributed by atoms with van der Waals surface area (Å²) >= 11 is 1.57. The molecule has 1 atom stereocenters. The maximum absolute atomic E-state index is 13.6. The number of rotatable bonds is 12. The van der Waals surface area contributed by atoms with Crippen LogP contribution in [0.15, 0.2) is 41.8 Å². The van der Waals surface area contributed by atoms with Gasteiger partial charge < -0.3 is 15.0 Å². The van der Waals surface area contributed by atoms with Gasteiger partial charge in [-0.15, -0.1) is 11.3 Å². The van der Waals surface area contributed by atoms with Crippen LogP contribution in [0.3, 0.4) is 0 Å². The third-order valence-electron chi connectivity index (χ3n) is 6.08. The van der Waals surface area contributed by atoms with E-state index in [4.69, 9.17) is 4.74 Å². The van der Waals surface area contributed by atoms with Crippen molar-refractivity contribution in [1.29, 1.82) is 0 Å². The van der Waals surface area contributed by atoms with Gasteiger partial charge in [0, 0.05) is 30.7 Å². The first kappa shape index (κ1) is 24.5. The largest absolute Gasteiger partial charge is 0.382 e.